The van der Waals surface area contributed by atoms with Gasteiger partial charge in [0.2, 0.25) is 11.8 Å². The predicted molar refractivity (Wildman–Crippen MR) is 94.0 cm³/mol. The first kappa shape index (κ1) is 16.9. The number of aryl methyl sites for hydroxylation is 1. The highest BCUT2D eigenvalue weighted by Gasteiger charge is 2.21. The highest BCUT2D eigenvalue weighted by molar-refractivity contribution is 7.92. The lowest BCUT2D eigenvalue weighted by atomic mass is 10.2. The van der Waals surface area contributed by atoms with E-state index in [0.29, 0.717) is 12.5 Å². The van der Waals surface area contributed by atoms with Gasteiger partial charge in [-0.05, 0) is 31.3 Å². The largest absolute Gasteiger partial charge is 0.477 e. The van der Waals surface area contributed by atoms with Crippen molar-refractivity contribution < 1.29 is 13.2 Å². The Balaban J connectivity index is 1.77. The number of aromatic nitrogens is 2. The van der Waals surface area contributed by atoms with Gasteiger partial charge in [0, 0.05) is 12.0 Å². The van der Waals surface area contributed by atoms with E-state index < -0.39 is 10.0 Å². The predicted octanol–water partition coefficient (Wildman–Crippen LogP) is 2.05. The summed E-state index contributed by atoms with van der Waals surface area (Å²) in [6.07, 6.45) is 0.755. The summed E-state index contributed by atoms with van der Waals surface area (Å²) in [7, 11) is -3.90. The zero-order valence-corrected chi connectivity index (χ0v) is 14.9. The molecule has 0 bridgehead atoms. The number of nitrogens with zero attached hydrogens (tertiary/aromatic N) is 2. The summed E-state index contributed by atoms with van der Waals surface area (Å²) in [5.74, 6) is 0.654. The van der Waals surface area contributed by atoms with Crippen LogP contribution in [0.4, 0.5) is 5.95 Å². The van der Waals surface area contributed by atoms with Gasteiger partial charge in [-0.3, -0.25) is 4.72 Å². The molecule has 0 fully saturated rings. The van der Waals surface area contributed by atoms with E-state index in [-0.39, 0.29) is 21.0 Å². The lowest BCUT2D eigenvalue weighted by molar-refractivity contribution is 0.345. The molecule has 1 aromatic carbocycles. The van der Waals surface area contributed by atoms with E-state index in [9.17, 15) is 8.42 Å². The monoisotopic (exact) mass is 384 g/mol. The summed E-state index contributed by atoms with van der Waals surface area (Å²) in [4.78, 5) is 8.37. The Morgan fingerprint density at radius 1 is 1.33 bits per heavy atom. The van der Waals surface area contributed by atoms with Crippen LogP contribution in [0.2, 0.25) is 5.02 Å². The summed E-state index contributed by atoms with van der Waals surface area (Å²) in [6.45, 7) is 2.38. The minimum Gasteiger partial charge on any atom is -0.477 e. The van der Waals surface area contributed by atoms with Gasteiger partial charge in [0.15, 0.2) is 5.11 Å². The maximum Gasteiger partial charge on any atom is 0.265 e. The molecule has 0 radical (unpaired) electrons. The number of hydrogen-bond donors (Lipinski definition) is 2. The topological polar surface area (TPSA) is 93.2 Å². The third-order valence-corrected chi connectivity index (χ3v) is 5.53. The molecule has 0 saturated heterocycles. The van der Waals surface area contributed by atoms with Crippen LogP contribution in [0.3, 0.4) is 0 Å². The van der Waals surface area contributed by atoms with Crippen molar-refractivity contribution >= 4 is 44.9 Å². The number of ether oxygens (including phenoxy) is 1. The molecule has 24 heavy (non-hydrogen) atoms. The van der Waals surface area contributed by atoms with Crippen LogP contribution < -0.4 is 14.8 Å². The minimum absolute atomic E-state index is 0.0646. The van der Waals surface area contributed by atoms with Crippen LogP contribution in [0.1, 0.15) is 11.3 Å². The van der Waals surface area contributed by atoms with Crippen molar-refractivity contribution in [1.82, 2.24) is 14.7 Å². The second-order valence-corrected chi connectivity index (χ2v) is 7.47. The van der Waals surface area contributed by atoms with Gasteiger partial charge in [0.05, 0.1) is 17.3 Å². The van der Waals surface area contributed by atoms with Gasteiger partial charge >= 0.3 is 0 Å². The zero-order valence-electron chi connectivity index (χ0n) is 12.5. The fraction of sp³-hybridized carbons (Fsp3) is 0.214. The van der Waals surface area contributed by atoms with Crippen molar-refractivity contribution in [3.05, 3.63) is 40.5 Å². The third-order valence-electron chi connectivity index (χ3n) is 3.35. The summed E-state index contributed by atoms with van der Waals surface area (Å²) in [5.41, 5.74) is 1.71. The van der Waals surface area contributed by atoms with Gasteiger partial charge in [-0.1, -0.05) is 23.7 Å². The van der Waals surface area contributed by atoms with Gasteiger partial charge in [-0.2, -0.15) is 4.98 Å². The Hall–Kier alpha value is -1.97. The molecular formula is C14H13ClN4O3S2. The molecule has 7 nitrogen and oxygen atoms in total. The zero-order chi connectivity index (χ0) is 17.3. The standard InChI is InChI=1S/C14H13ClN4O3S2/c1-8-9-6-7-22-12(9)17-13(16-8)18-14(23)19-24(20,21)11-5-3-2-4-10(11)15/h2-5H,6-7H2,1H3,(H2,16,17,18,19,23). The number of halogens is 1. The maximum absolute atomic E-state index is 12.3. The van der Waals surface area contributed by atoms with Gasteiger partial charge < -0.3 is 10.1 Å². The Morgan fingerprint density at radius 3 is 2.83 bits per heavy atom. The SMILES string of the molecule is Cc1nc(NC(=S)NS(=O)(=O)c2ccccc2Cl)nc2c1CCO2. The number of anilines is 1. The van der Waals surface area contributed by atoms with E-state index in [4.69, 9.17) is 28.6 Å². The summed E-state index contributed by atoms with van der Waals surface area (Å²) in [5, 5.41) is 2.60. The van der Waals surface area contributed by atoms with Crippen LogP contribution in [0.15, 0.2) is 29.2 Å². The van der Waals surface area contributed by atoms with Gasteiger partial charge in [-0.25, -0.2) is 13.4 Å². The lowest BCUT2D eigenvalue weighted by Gasteiger charge is -2.12. The average Bonchev–Trinajstić information content (AvgIpc) is 2.95. The summed E-state index contributed by atoms with van der Waals surface area (Å²) >= 11 is 10.9. The molecule has 0 atom stereocenters. The third kappa shape index (κ3) is 3.42. The molecule has 0 amide bonds. The molecule has 10 heteroatoms. The summed E-state index contributed by atoms with van der Waals surface area (Å²) in [6, 6.07) is 6.08. The van der Waals surface area contributed by atoms with E-state index >= 15 is 0 Å². The van der Waals surface area contributed by atoms with Crippen LogP contribution in [-0.2, 0) is 16.4 Å². The molecule has 0 spiro atoms. The quantitative estimate of drug-likeness (QED) is 0.782. The smallest absolute Gasteiger partial charge is 0.265 e. The summed E-state index contributed by atoms with van der Waals surface area (Å²) < 4.78 is 32.3. The van der Waals surface area contributed by atoms with E-state index in [2.05, 4.69) is 20.0 Å². The Kier molecular flexibility index (Phi) is 4.57. The number of nitrogens with one attached hydrogen (secondary N) is 2. The van der Waals surface area contributed by atoms with E-state index in [1.165, 1.54) is 12.1 Å². The lowest BCUT2D eigenvalue weighted by Crippen LogP contribution is -2.34. The van der Waals surface area contributed by atoms with Gasteiger partial charge in [0.25, 0.3) is 10.0 Å². The van der Waals surface area contributed by atoms with Crippen molar-refractivity contribution in [3.63, 3.8) is 0 Å². The first-order chi connectivity index (χ1) is 11.4. The number of benzene rings is 1. The molecule has 0 aliphatic carbocycles. The molecule has 2 N–H and O–H groups in total. The first-order valence-electron chi connectivity index (χ1n) is 6.95. The average molecular weight is 385 g/mol. The van der Waals surface area contributed by atoms with Crippen LogP contribution in [-0.4, -0.2) is 30.1 Å². The molecule has 2 heterocycles. The van der Waals surface area contributed by atoms with Crippen LogP contribution in [0.25, 0.3) is 0 Å². The fourth-order valence-corrected chi connectivity index (χ4v) is 4.10. The maximum atomic E-state index is 12.3. The number of thiocarbonyl (C=S) groups is 1. The molecule has 126 valence electrons. The number of rotatable bonds is 3. The molecule has 1 aromatic heterocycles. The van der Waals surface area contributed by atoms with Crippen molar-refractivity contribution in [2.75, 3.05) is 11.9 Å². The second kappa shape index (κ2) is 6.50. The van der Waals surface area contributed by atoms with Crippen molar-refractivity contribution in [3.8, 4) is 5.88 Å². The van der Waals surface area contributed by atoms with Crippen molar-refractivity contribution in [1.29, 1.82) is 0 Å². The molecular weight excluding hydrogens is 372 g/mol. The first-order valence-corrected chi connectivity index (χ1v) is 9.22. The highest BCUT2D eigenvalue weighted by Crippen LogP contribution is 2.26. The van der Waals surface area contributed by atoms with Crippen LogP contribution >= 0.6 is 23.8 Å². The molecule has 0 saturated carbocycles. The molecule has 2 aromatic rings. The Labute approximate surface area is 149 Å². The van der Waals surface area contributed by atoms with Crippen molar-refractivity contribution in [2.24, 2.45) is 0 Å². The van der Waals surface area contributed by atoms with Gasteiger partial charge in [0.1, 0.15) is 4.90 Å². The van der Waals surface area contributed by atoms with Gasteiger partial charge in [-0.15, -0.1) is 0 Å². The number of hydrogen-bond acceptors (Lipinski definition) is 6. The highest BCUT2D eigenvalue weighted by atomic mass is 35.5. The van der Waals surface area contributed by atoms with Crippen molar-refractivity contribution in [2.45, 2.75) is 18.2 Å². The Morgan fingerprint density at radius 2 is 2.08 bits per heavy atom. The van der Waals surface area contributed by atoms with E-state index in [1.807, 2.05) is 6.92 Å². The fourth-order valence-electron chi connectivity index (χ4n) is 2.25. The van der Waals surface area contributed by atoms with Crippen LogP contribution in [0, 0.1) is 6.92 Å². The molecule has 1 aliphatic heterocycles. The molecule has 0 unspecified atom stereocenters. The van der Waals surface area contributed by atoms with E-state index in [1.54, 1.807) is 12.1 Å². The molecule has 1 aliphatic rings. The second-order valence-electron chi connectivity index (χ2n) is 5.00. The number of sulfonamides is 1. The normalized spacial score (nSPS) is 13.1. The Bertz CT molecular complexity index is 918. The minimum atomic E-state index is -3.90. The number of fused-ring (bicyclic) bond motifs is 1. The van der Waals surface area contributed by atoms with Crippen LogP contribution in [0.5, 0.6) is 5.88 Å². The molecule has 3 rings (SSSR count). The van der Waals surface area contributed by atoms with E-state index in [0.717, 1.165) is 17.7 Å².